The van der Waals surface area contributed by atoms with Crippen LogP contribution in [0.2, 0.25) is 0 Å². The second-order valence-corrected chi connectivity index (χ2v) is 5.85. The third-order valence-corrected chi connectivity index (χ3v) is 4.24. The largest absolute Gasteiger partial charge is 0.316 e. The average Bonchev–Trinajstić information content (AvgIpc) is 2.39. The van der Waals surface area contributed by atoms with Crippen LogP contribution in [0.4, 0.5) is 0 Å². The van der Waals surface area contributed by atoms with Gasteiger partial charge in [-0.3, -0.25) is 0 Å². The standard InChI is InChI=1S/C16H26BrN/c1-4-11-18-12-16(13(5-2)6-3)14-7-9-15(17)10-8-14/h7-10,13,16,18H,4-6,11-12H2,1-3H3. The van der Waals surface area contributed by atoms with E-state index in [-0.39, 0.29) is 0 Å². The first-order valence-corrected chi connectivity index (χ1v) is 7.98. The minimum Gasteiger partial charge on any atom is -0.316 e. The first-order valence-electron chi connectivity index (χ1n) is 7.19. The van der Waals surface area contributed by atoms with Crippen LogP contribution in [-0.2, 0) is 0 Å². The Morgan fingerprint density at radius 2 is 1.67 bits per heavy atom. The molecule has 1 N–H and O–H groups in total. The fourth-order valence-corrected chi connectivity index (χ4v) is 2.82. The van der Waals surface area contributed by atoms with Crippen LogP contribution in [-0.4, -0.2) is 13.1 Å². The van der Waals surface area contributed by atoms with Gasteiger partial charge in [0.2, 0.25) is 0 Å². The van der Waals surface area contributed by atoms with E-state index < -0.39 is 0 Å². The monoisotopic (exact) mass is 311 g/mol. The maximum absolute atomic E-state index is 3.59. The molecule has 0 aromatic heterocycles. The molecule has 1 nitrogen and oxygen atoms in total. The Balaban J connectivity index is 2.78. The van der Waals surface area contributed by atoms with Gasteiger partial charge in [0.1, 0.15) is 0 Å². The summed E-state index contributed by atoms with van der Waals surface area (Å²) in [6.45, 7) is 9.05. The van der Waals surface area contributed by atoms with E-state index in [1.165, 1.54) is 24.8 Å². The van der Waals surface area contributed by atoms with Crippen molar-refractivity contribution in [3.8, 4) is 0 Å². The Morgan fingerprint density at radius 1 is 1.06 bits per heavy atom. The highest BCUT2D eigenvalue weighted by Gasteiger charge is 2.19. The summed E-state index contributed by atoms with van der Waals surface area (Å²) in [4.78, 5) is 0. The third-order valence-electron chi connectivity index (χ3n) is 3.71. The number of hydrogen-bond donors (Lipinski definition) is 1. The van der Waals surface area contributed by atoms with Gasteiger partial charge < -0.3 is 5.32 Å². The van der Waals surface area contributed by atoms with Crippen LogP contribution < -0.4 is 5.32 Å². The van der Waals surface area contributed by atoms with E-state index in [1.54, 1.807) is 0 Å². The molecule has 0 aliphatic rings. The van der Waals surface area contributed by atoms with E-state index in [4.69, 9.17) is 0 Å². The minimum absolute atomic E-state index is 0.639. The Labute approximate surface area is 120 Å². The summed E-state index contributed by atoms with van der Waals surface area (Å²) in [7, 11) is 0. The van der Waals surface area contributed by atoms with Crippen LogP contribution in [0.25, 0.3) is 0 Å². The van der Waals surface area contributed by atoms with Crippen LogP contribution in [0.1, 0.15) is 51.5 Å². The second-order valence-electron chi connectivity index (χ2n) is 4.94. The number of rotatable bonds is 8. The maximum atomic E-state index is 3.59. The molecule has 0 saturated carbocycles. The predicted molar refractivity (Wildman–Crippen MR) is 84.1 cm³/mol. The molecule has 0 amide bonds. The molecule has 1 rings (SSSR count). The van der Waals surface area contributed by atoms with Crippen molar-refractivity contribution in [3.05, 3.63) is 34.3 Å². The van der Waals surface area contributed by atoms with Crippen molar-refractivity contribution >= 4 is 15.9 Å². The van der Waals surface area contributed by atoms with E-state index in [9.17, 15) is 0 Å². The molecule has 0 bridgehead atoms. The van der Waals surface area contributed by atoms with Crippen LogP contribution in [0.5, 0.6) is 0 Å². The van der Waals surface area contributed by atoms with Gasteiger partial charge in [0.15, 0.2) is 0 Å². The molecule has 18 heavy (non-hydrogen) atoms. The quantitative estimate of drug-likeness (QED) is 0.668. The second kappa shape index (κ2) is 8.71. The van der Waals surface area contributed by atoms with Gasteiger partial charge in [0, 0.05) is 11.0 Å². The molecule has 1 aromatic rings. The molecule has 0 aliphatic carbocycles. The summed E-state index contributed by atoms with van der Waals surface area (Å²) in [6.07, 6.45) is 3.71. The Bertz CT molecular complexity index is 316. The Kier molecular flexibility index (Phi) is 7.60. The summed E-state index contributed by atoms with van der Waals surface area (Å²) in [5.41, 5.74) is 1.47. The lowest BCUT2D eigenvalue weighted by atomic mass is 9.82. The Morgan fingerprint density at radius 3 is 2.17 bits per heavy atom. The number of benzene rings is 1. The molecule has 1 unspecified atom stereocenters. The summed E-state index contributed by atoms with van der Waals surface area (Å²) < 4.78 is 1.16. The van der Waals surface area contributed by atoms with Gasteiger partial charge in [-0.05, 0) is 42.5 Å². The van der Waals surface area contributed by atoms with Crippen molar-refractivity contribution in [1.29, 1.82) is 0 Å². The summed E-state index contributed by atoms with van der Waals surface area (Å²) in [6, 6.07) is 8.84. The van der Waals surface area contributed by atoms with Gasteiger partial charge in [0.05, 0.1) is 0 Å². The predicted octanol–water partition coefficient (Wildman–Crippen LogP) is 4.97. The lowest BCUT2D eigenvalue weighted by Gasteiger charge is -2.26. The van der Waals surface area contributed by atoms with Crippen molar-refractivity contribution in [2.24, 2.45) is 5.92 Å². The molecule has 0 spiro atoms. The lowest BCUT2D eigenvalue weighted by Crippen LogP contribution is -2.27. The molecule has 0 aliphatic heterocycles. The molecular formula is C16H26BrN. The van der Waals surface area contributed by atoms with Crippen LogP contribution in [0.15, 0.2) is 28.7 Å². The van der Waals surface area contributed by atoms with Crippen LogP contribution in [0, 0.1) is 5.92 Å². The fourth-order valence-electron chi connectivity index (χ4n) is 2.56. The molecule has 0 heterocycles. The zero-order valence-electron chi connectivity index (χ0n) is 11.9. The lowest BCUT2D eigenvalue weighted by molar-refractivity contribution is 0.380. The van der Waals surface area contributed by atoms with E-state index in [2.05, 4.69) is 66.3 Å². The van der Waals surface area contributed by atoms with Gasteiger partial charge in [-0.15, -0.1) is 0 Å². The minimum atomic E-state index is 0.639. The first kappa shape index (κ1) is 15.7. The number of hydrogen-bond acceptors (Lipinski definition) is 1. The molecule has 2 heteroatoms. The molecule has 1 atom stereocenters. The fraction of sp³-hybridized carbons (Fsp3) is 0.625. The number of halogens is 1. The van der Waals surface area contributed by atoms with Crippen molar-refractivity contribution in [2.45, 2.75) is 46.0 Å². The van der Waals surface area contributed by atoms with Crippen molar-refractivity contribution in [3.63, 3.8) is 0 Å². The summed E-state index contributed by atoms with van der Waals surface area (Å²) in [5.74, 6) is 1.41. The topological polar surface area (TPSA) is 12.0 Å². The van der Waals surface area contributed by atoms with Gasteiger partial charge in [0.25, 0.3) is 0 Å². The van der Waals surface area contributed by atoms with Gasteiger partial charge in [-0.2, -0.15) is 0 Å². The summed E-state index contributed by atoms with van der Waals surface area (Å²) >= 11 is 3.51. The molecule has 1 aromatic carbocycles. The zero-order valence-corrected chi connectivity index (χ0v) is 13.5. The normalized spacial score (nSPS) is 12.9. The van der Waals surface area contributed by atoms with Crippen LogP contribution >= 0.6 is 15.9 Å². The maximum Gasteiger partial charge on any atom is 0.0175 e. The molecule has 0 saturated heterocycles. The van der Waals surface area contributed by atoms with E-state index in [0.29, 0.717) is 5.92 Å². The SMILES string of the molecule is CCCNCC(c1ccc(Br)cc1)C(CC)CC. The molecular weight excluding hydrogens is 286 g/mol. The highest BCUT2D eigenvalue weighted by molar-refractivity contribution is 9.10. The zero-order chi connectivity index (χ0) is 13.4. The van der Waals surface area contributed by atoms with Crippen LogP contribution in [0.3, 0.4) is 0 Å². The van der Waals surface area contributed by atoms with Crippen molar-refractivity contribution in [2.75, 3.05) is 13.1 Å². The van der Waals surface area contributed by atoms with Gasteiger partial charge in [-0.1, -0.05) is 61.7 Å². The van der Waals surface area contributed by atoms with Crippen molar-refractivity contribution < 1.29 is 0 Å². The van der Waals surface area contributed by atoms with Gasteiger partial charge >= 0.3 is 0 Å². The highest BCUT2D eigenvalue weighted by atomic mass is 79.9. The van der Waals surface area contributed by atoms with Gasteiger partial charge in [-0.25, -0.2) is 0 Å². The average molecular weight is 312 g/mol. The van der Waals surface area contributed by atoms with E-state index in [1.807, 2.05) is 0 Å². The van der Waals surface area contributed by atoms with E-state index in [0.717, 1.165) is 23.5 Å². The summed E-state index contributed by atoms with van der Waals surface area (Å²) in [5, 5.41) is 3.59. The number of nitrogens with one attached hydrogen (secondary N) is 1. The van der Waals surface area contributed by atoms with Crippen molar-refractivity contribution in [1.82, 2.24) is 5.32 Å². The Hall–Kier alpha value is -0.340. The first-order chi connectivity index (χ1) is 8.72. The van der Waals surface area contributed by atoms with E-state index >= 15 is 0 Å². The third kappa shape index (κ3) is 4.74. The highest BCUT2D eigenvalue weighted by Crippen LogP contribution is 2.30. The molecule has 0 fully saturated rings. The molecule has 102 valence electrons. The molecule has 0 radical (unpaired) electrons. The smallest absolute Gasteiger partial charge is 0.0175 e.